The summed E-state index contributed by atoms with van der Waals surface area (Å²) in [6.07, 6.45) is 4.26. The van der Waals surface area contributed by atoms with E-state index < -0.39 is 0 Å². The lowest BCUT2D eigenvalue weighted by Crippen LogP contribution is -2.47. The molecule has 3 nitrogen and oxygen atoms in total. The van der Waals surface area contributed by atoms with E-state index in [0.717, 1.165) is 25.0 Å². The summed E-state index contributed by atoms with van der Waals surface area (Å²) in [6.45, 7) is 8.05. The second-order valence-corrected chi connectivity index (χ2v) is 5.02. The lowest BCUT2D eigenvalue weighted by Gasteiger charge is -2.32. The second-order valence-electron chi connectivity index (χ2n) is 5.02. The van der Waals surface area contributed by atoms with Crippen LogP contribution in [0.4, 0.5) is 0 Å². The van der Waals surface area contributed by atoms with E-state index >= 15 is 0 Å². The smallest absolute Gasteiger partial charge is 0.0588 e. The molecule has 2 heterocycles. The molecule has 0 saturated carbocycles. The van der Waals surface area contributed by atoms with Gasteiger partial charge in [0.1, 0.15) is 0 Å². The molecule has 2 atom stereocenters. The molecular formula is C12H24N2O. The highest BCUT2D eigenvalue weighted by Gasteiger charge is 2.23. The topological polar surface area (TPSA) is 33.3 Å². The summed E-state index contributed by atoms with van der Waals surface area (Å²) in [5, 5.41) is 6.88. The summed E-state index contributed by atoms with van der Waals surface area (Å²) in [5.41, 5.74) is 0. The van der Waals surface area contributed by atoms with Crippen LogP contribution in [-0.4, -0.2) is 38.9 Å². The van der Waals surface area contributed by atoms with Gasteiger partial charge in [0.15, 0.2) is 0 Å². The largest absolute Gasteiger partial charge is 0.378 e. The summed E-state index contributed by atoms with van der Waals surface area (Å²) >= 11 is 0. The number of rotatable bonds is 6. The van der Waals surface area contributed by atoms with Crippen LogP contribution in [0.3, 0.4) is 0 Å². The van der Waals surface area contributed by atoms with Gasteiger partial charge in [0.05, 0.1) is 6.10 Å². The quantitative estimate of drug-likeness (QED) is 0.645. The molecule has 15 heavy (non-hydrogen) atoms. The Labute approximate surface area is 93.0 Å². The first-order valence-corrected chi connectivity index (χ1v) is 6.39. The van der Waals surface area contributed by atoms with Crippen molar-refractivity contribution in [2.45, 2.75) is 32.3 Å². The first-order valence-electron chi connectivity index (χ1n) is 6.39. The van der Waals surface area contributed by atoms with Crippen LogP contribution < -0.4 is 10.6 Å². The minimum absolute atomic E-state index is 0.540. The van der Waals surface area contributed by atoms with E-state index in [1.807, 2.05) is 0 Å². The van der Waals surface area contributed by atoms with E-state index in [1.54, 1.807) is 0 Å². The van der Waals surface area contributed by atoms with Gasteiger partial charge in [-0.2, -0.15) is 0 Å². The first kappa shape index (κ1) is 11.4. The Kier molecular flexibility index (Phi) is 4.42. The molecule has 0 aliphatic carbocycles. The van der Waals surface area contributed by atoms with E-state index in [2.05, 4.69) is 17.6 Å². The molecule has 0 bridgehead atoms. The third-order valence-corrected chi connectivity index (χ3v) is 3.75. The normalized spacial score (nSPS) is 29.0. The predicted octanol–water partition coefficient (Wildman–Crippen LogP) is 1.00. The fourth-order valence-electron chi connectivity index (χ4n) is 2.34. The average molecular weight is 212 g/mol. The second kappa shape index (κ2) is 5.83. The van der Waals surface area contributed by atoms with Crippen molar-refractivity contribution in [3.63, 3.8) is 0 Å². The van der Waals surface area contributed by atoms with Gasteiger partial charge in [0.25, 0.3) is 0 Å². The Morgan fingerprint density at radius 1 is 1.47 bits per heavy atom. The fraction of sp³-hybridized carbons (Fsp3) is 1.00. The Morgan fingerprint density at radius 2 is 2.33 bits per heavy atom. The van der Waals surface area contributed by atoms with Gasteiger partial charge in [0, 0.05) is 6.61 Å². The molecule has 0 aromatic rings. The van der Waals surface area contributed by atoms with Crippen molar-refractivity contribution in [2.75, 3.05) is 32.8 Å². The highest BCUT2D eigenvalue weighted by Crippen LogP contribution is 2.16. The molecule has 2 unspecified atom stereocenters. The van der Waals surface area contributed by atoms with Crippen molar-refractivity contribution >= 4 is 0 Å². The van der Waals surface area contributed by atoms with E-state index in [0.29, 0.717) is 6.10 Å². The minimum atomic E-state index is 0.540. The zero-order valence-corrected chi connectivity index (χ0v) is 9.80. The molecule has 2 fully saturated rings. The van der Waals surface area contributed by atoms with Gasteiger partial charge < -0.3 is 15.4 Å². The Balaban J connectivity index is 1.47. The highest BCUT2D eigenvalue weighted by atomic mass is 16.5. The standard InChI is InChI=1S/C12H24N2O/c1-10(11-8-14-9-11)7-13-5-4-12-3-2-6-15-12/h10-14H,2-9H2,1H3. The Bertz CT molecular complexity index is 176. The van der Waals surface area contributed by atoms with Gasteiger partial charge in [-0.3, -0.25) is 0 Å². The predicted molar refractivity (Wildman–Crippen MR) is 62.0 cm³/mol. The maximum absolute atomic E-state index is 5.59. The van der Waals surface area contributed by atoms with Gasteiger partial charge in [-0.05, 0) is 57.3 Å². The lowest BCUT2D eigenvalue weighted by atomic mass is 9.89. The van der Waals surface area contributed by atoms with E-state index in [-0.39, 0.29) is 0 Å². The van der Waals surface area contributed by atoms with E-state index in [4.69, 9.17) is 4.74 Å². The van der Waals surface area contributed by atoms with E-state index in [1.165, 1.54) is 38.9 Å². The number of hydrogen-bond acceptors (Lipinski definition) is 3. The third-order valence-electron chi connectivity index (χ3n) is 3.75. The van der Waals surface area contributed by atoms with Crippen molar-refractivity contribution in [3.8, 4) is 0 Å². The fourth-order valence-corrected chi connectivity index (χ4v) is 2.34. The monoisotopic (exact) mass is 212 g/mol. The number of nitrogens with one attached hydrogen (secondary N) is 2. The van der Waals surface area contributed by atoms with Gasteiger partial charge in [-0.1, -0.05) is 6.92 Å². The van der Waals surface area contributed by atoms with Crippen LogP contribution in [0.25, 0.3) is 0 Å². The van der Waals surface area contributed by atoms with Crippen LogP contribution in [0.15, 0.2) is 0 Å². The molecule has 0 aromatic heterocycles. The van der Waals surface area contributed by atoms with Crippen LogP contribution in [-0.2, 0) is 4.74 Å². The molecule has 0 radical (unpaired) electrons. The molecule has 2 saturated heterocycles. The van der Waals surface area contributed by atoms with Gasteiger partial charge in [-0.25, -0.2) is 0 Å². The number of hydrogen-bond donors (Lipinski definition) is 2. The van der Waals surface area contributed by atoms with Crippen molar-refractivity contribution in [1.29, 1.82) is 0 Å². The number of ether oxygens (including phenoxy) is 1. The molecule has 0 aromatic carbocycles. The molecule has 2 rings (SSSR count). The molecule has 0 amide bonds. The lowest BCUT2D eigenvalue weighted by molar-refractivity contribution is 0.103. The minimum Gasteiger partial charge on any atom is -0.378 e. The molecule has 2 N–H and O–H groups in total. The maximum Gasteiger partial charge on any atom is 0.0588 e. The van der Waals surface area contributed by atoms with Crippen molar-refractivity contribution < 1.29 is 4.74 Å². The summed E-state index contributed by atoms with van der Waals surface area (Å²) in [4.78, 5) is 0. The van der Waals surface area contributed by atoms with Crippen molar-refractivity contribution in [3.05, 3.63) is 0 Å². The molecule has 2 aliphatic rings. The molecular weight excluding hydrogens is 188 g/mol. The summed E-state index contributed by atoms with van der Waals surface area (Å²) in [5.74, 6) is 1.72. The van der Waals surface area contributed by atoms with Crippen LogP contribution in [0, 0.1) is 11.8 Å². The molecule has 0 spiro atoms. The van der Waals surface area contributed by atoms with Crippen LogP contribution in [0.1, 0.15) is 26.2 Å². The SMILES string of the molecule is CC(CNCCC1CCCO1)C1CNC1. The zero-order chi connectivity index (χ0) is 10.5. The summed E-state index contributed by atoms with van der Waals surface area (Å²) in [7, 11) is 0. The van der Waals surface area contributed by atoms with Crippen molar-refractivity contribution in [1.82, 2.24) is 10.6 Å². The zero-order valence-electron chi connectivity index (χ0n) is 9.80. The van der Waals surface area contributed by atoms with Crippen LogP contribution in [0.2, 0.25) is 0 Å². The van der Waals surface area contributed by atoms with E-state index in [9.17, 15) is 0 Å². The first-order chi connectivity index (χ1) is 7.36. The highest BCUT2D eigenvalue weighted by molar-refractivity contribution is 4.80. The average Bonchev–Trinajstić information content (AvgIpc) is 2.62. The van der Waals surface area contributed by atoms with Gasteiger partial charge in [0.2, 0.25) is 0 Å². The van der Waals surface area contributed by atoms with Crippen LogP contribution in [0.5, 0.6) is 0 Å². The summed E-state index contributed by atoms with van der Waals surface area (Å²) in [6, 6.07) is 0. The Morgan fingerprint density at radius 3 is 2.93 bits per heavy atom. The van der Waals surface area contributed by atoms with Crippen LogP contribution >= 0.6 is 0 Å². The molecule has 88 valence electrons. The van der Waals surface area contributed by atoms with Gasteiger partial charge >= 0.3 is 0 Å². The van der Waals surface area contributed by atoms with Crippen molar-refractivity contribution in [2.24, 2.45) is 11.8 Å². The Hall–Kier alpha value is -0.120. The third kappa shape index (κ3) is 3.44. The maximum atomic E-state index is 5.59. The molecule has 3 heteroatoms. The summed E-state index contributed by atoms with van der Waals surface area (Å²) < 4.78 is 5.59. The van der Waals surface area contributed by atoms with Gasteiger partial charge in [-0.15, -0.1) is 0 Å². The molecule has 2 aliphatic heterocycles.